The third-order valence-electron chi connectivity index (χ3n) is 5.79. The van der Waals surface area contributed by atoms with E-state index < -0.39 is 0 Å². The Labute approximate surface area is 184 Å². The topological polar surface area (TPSA) is 83.0 Å². The Morgan fingerprint density at radius 2 is 1.75 bits per heavy atom. The minimum Gasteiger partial charge on any atom is -0.380 e. The van der Waals surface area contributed by atoms with Gasteiger partial charge in [-0.05, 0) is 30.6 Å². The van der Waals surface area contributed by atoms with Crippen molar-refractivity contribution < 1.29 is 14.3 Å². The van der Waals surface area contributed by atoms with E-state index in [4.69, 9.17) is 4.74 Å². The first-order valence-electron chi connectivity index (χ1n) is 10.1. The van der Waals surface area contributed by atoms with E-state index in [9.17, 15) is 9.59 Å². The molecule has 4 unspecified atom stereocenters. The lowest BCUT2D eigenvalue weighted by molar-refractivity contribution is -0.140. The van der Waals surface area contributed by atoms with Gasteiger partial charge in [0.15, 0.2) is 5.96 Å². The van der Waals surface area contributed by atoms with Crippen LogP contribution in [0.1, 0.15) is 26.7 Å². The monoisotopic (exact) mass is 504 g/mol. The van der Waals surface area contributed by atoms with Crippen molar-refractivity contribution in [2.24, 2.45) is 34.6 Å². The van der Waals surface area contributed by atoms with E-state index in [0.717, 1.165) is 19.4 Å². The molecule has 4 atom stereocenters. The third-order valence-corrected chi connectivity index (χ3v) is 5.79. The third kappa shape index (κ3) is 5.06. The first kappa shape index (κ1) is 23.1. The second-order valence-corrected chi connectivity index (χ2v) is 8.05. The van der Waals surface area contributed by atoms with E-state index in [1.165, 1.54) is 4.90 Å². The van der Waals surface area contributed by atoms with Crippen LogP contribution in [-0.4, -0.2) is 62.6 Å². The summed E-state index contributed by atoms with van der Waals surface area (Å²) >= 11 is 0. The van der Waals surface area contributed by atoms with E-state index in [2.05, 4.69) is 41.6 Å². The van der Waals surface area contributed by atoms with Gasteiger partial charge >= 0.3 is 0 Å². The van der Waals surface area contributed by atoms with Crippen LogP contribution >= 0.6 is 24.0 Å². The van der Waals surface area contributed by atoms with Crippen LogP contribution in [0.3, 0.4) is 0 Å². The molecule has 0 aromatic rings. The van der Waals surface area contributed by atoms with Crippen molar-refractivity contribution in [3.05, 3.63) is 12.2 Å². The molecule has 1 aliphatic heterocycles. The van der Waals surface area contributed by atoms with Crippen molar-refractivity contribution >= 4 is 41.8 Å². The number of imide groups is 1. The summed E-state index contributed by atoms with van der Waals surface area (Å²) in [5, 5.41) is 6.36. The van der Waals surface area contributed by atoms with Crippen molar-refractivity contribution in [3.63, 3.8) is 0 Å². The molecule has 2 fully saturated rings. The van der Waals surface area contributed by atoms with Gasteiger partial charge < -0.3 is 15.4 Å². The lowest BCUT2D eigenvalue weighted by atomic mass is 9.85. The van der Waals surface area contributed by atoms with Gasteiger partial charge in [0.25, 0.3) is 0 Å². The Morgan fingerprint density at radius 3 is 2.32 bits per heavy atom. The molecule has 158 valence electrons. The Hall–Kier alpha value is -1.16. The van der Waals surface area contributed by atoms with Gasteiger partial charge in [-0.3, -0.25) is 19.5 Å². The quantitative estimate of drug-likeness (QED) is 0.125. The maximum Gasteiger partial charge on any atom is 0.233 e. The lowest BCUT2D eigenvalue weighted by Gasteiger charge is -2.18. The number of fused-ring (bicyclic) bond motifs is 5. The summed E-state index contributed by atoms with van der Waals surface area (Å²) in [6.07, 6.45) is 6.26. The van der Waals surface area contributed by atoms with Crippen LogP contribution in [0.5, 0.6) is 0 Å². The minimum absolute atomic E-state index is 0. The molecule has 0 aromatic heterocycles. The molecule has 7 nitrogen and oxygen atoms in total. The van der Waals surface area contributed by atoms with Crippen LogP contribution in [0.2, 0.25) is 0 Å². The minimum atomic E-state index is -0.118. The molecule has 1 saturated heterocycles. The number of halogens is 1. The van der Waals surface area contributed by atoms with Crippen LogP contribution in [0.4, 0.5) is 0 Å². The zero-order valence-corrected chi connectivity index (χ0v) is 19.3. The fourth-order valence-corrected chi connectivity index (χ4v) is 4.35. The Kier molecular flexibility index (Phi) is 8.73. The lowest BCUT2D eigenvalue weighted by Crippen LogP contribution is -2.44. The zero-order chi connectivity index (χ0) is 19.4. The molecule has 1 saturated carbocycles. The van der Waals surface area contributed by atoms with Crippen molar-refractivity contribution in [2.75, 3.05) is 39.9 Å². The fourth-order valence-electron chi connectivity index (χ4n) is 4.35. The Morgan fingerprint density at radius 1 is 1.14 bits per heavy atom. The molecule has 0 radical (unpaired) electrons. The molecular weight excluding hydrogens is 471 g/mol. The highest BCUT2D eigenvalue weighted by atomic mass is 127. The highest BCUT2D eigenvalue weighted by molar-refractivity contribution is 14.0. The number of carbonyl (C=O) groups excluding carboxylic acids is 2. The number of guanidine groups is 1. The van der Waals surface area contributed by atoms with Gasteiger partial charge in [-0.2, -0.15) is 0 Å². The van der Waals surface area contributed by atoms with Gasteiger partial charge in [-0.1, -0.05) is 26.0 Å². The van der Waals surface area contributed by atoms with Gasteiger partial charge in [-0.15, -0.1) is 24.0 Å². The van der Waals surface area contributed by atoms with Crippen LogP contribution in [-0.2, 0) is 14.3 Å². The predicted octanol–water partition coefficient (Wildman–Crippen LogP) is 1.64. The molecule has 0 spiro atoms. The first-order chi connectivity index (χ1) is 13.0. The molecule has 3 aliphatic rings. The highest BCUT2D eigenvalue weighted by Crippen LogP contribution is 2.52. The number of nitrogens with one attached hydrogen (secondary N) is 2. The number of rotatable bonds is 9. The smallest absolute Gasteiger partial charge is 0.233 e. The number of nitrogens with zero attached hydrogens (tertiary/aromatic N) is 2. The van der Waals surface area contributed by atoms with E-state index in [1.807, 2.05) is 0 Å². The van der Waals surface area contributed by atoms with Crippen molar-refractivity contribution in [3.8, 4) is 0 Å². The number of carbonyl (C=O) groups is 2. The van der Waals surface area contributed by atoms with E-state index in [0.29, 0.717) is 38.1 Å². The molecule has 28 heavy (non-hydrogen) atoms. The van der Waals surface area contributed by atoms with Crippen molar-refractivity contribution in [1.29, 1.82) is 0 Å². The summed E-state index contributed by atoms with van der Waals surface area (Å²) in [4.78, 5) is 30.9. The van der Waals surface area contributed by atoms with Gasteiger partial charge in [0.05, 0.1) is 18.4 Å². The summed E-state index contributed by atoms with van der Waals surface area (Å²) in [6, 6.07) is 0. The summed E-state index contributed by atoms with van der Waals surface area (Å²) < 4.78 is 5.57. The number of hydrogen-bond acceptors (Lipinski definition) is 4. The summed E-state index contributed by atoms with van der Waals surface area (Å²) in [6.45, 7) is 7.29. The van der Waals surface area contributed by atoms with Crippen LogP contribution in [0, 0.1) is 29.6 Å². The summed E-state index contributed by atoms with van der Waals surface area (Å²) in [5.41, 5.74) is 0. The molecule has 1 heterocycles. The predicted molar refractivity (Wildman–Crippen MR) is 119 cm³/mol. The molecule has 0 aromatic carbocycles. The SMILES string of the molecule is CN=C(NCCOCCC(C)C)NCCN1C(=O)C2C3C=CC(C3)C2C1=O.I. The second kappa shape index (κ2) is 10.6. The van der Waals surface area contributed by atoms with Gasteiger partial charge in [0, 0.05) is 33.3 Å². The molecule has 8 heteroatoms. The van der Waals surface area contributed by atoms with Gasteiger partial charge in [0.1, 0.15) is 0 Å². The van der Waals surface area contributed by atoms with Crippen LogP contribution in [0.25, 0.3) is 0 Å². The van der Waals surface area contributed by atoms with Crippen molar-refractivity contribution in [2.45, 2.75) is 26.7 Å². The normalized spacial score (nSPS) is 28.1. The Bertz CT molecular complexity index is 593. The highest BCUT2D eigenvalue weighted by Gasteiger charge is 2.58. The molecule has 2 aliphatic carbocycles. The summed E-state index contributed by atoms with van der Waals surface area (Å²) in [7, 11) is 1.70. The van der Waals surface area contributed by atoms with E-state index >= 15 is 0 Å². The number of amides is 2. The maximum absolute atomic E-state index is 12.6. The number of ether oxygens (including phenoxy) is 1. The first-order valence-corrected chi connectivity index (χ1v) is 10.1. The summed E-state index contributed by atoms with van der Waals surface area (Å²) in [5.74, 6) is 1.60. The number of likely N-dealkylation sites (tertiary alicyclic amines) is 1. The maximum atomic E-state index is 12.6. The molecule has 2 bridgehead atoms. The molecule has 2 N–H and O–H groups in total. The van der Waals surface area contributed by atoms with Crippen LogP contribution in [0.15, 0.2) is 17.1 Å². The van der Waals surface area contributed by atoms with Crippen molar-refractivity contribution in [1.82, 2.24) is 15.5 Å². The molecular formula is C20H33IN4O3. The van der Waals surface area contributed by atoms with Gasteiger partial charge in [-0.25, -0.2) is 0 Å². The largest absolute Gasteiger partial charge is 0.380 e. The second-order valence-electron chi connectivity index (χ2n) is 8.05. The fraction of sp³-hybridized carbons (Fsp3) is 0.750. The molecule has 3 rings (SSSR count). The molecule has 2 amide bonds. The van der Waals surface area contributed by atoms with Crippen LogP contribution < -0.4 is 10.6 Å². The number of hydrogen-bond donors (Lipinski definition) is 2. The van der Waals surface area contributed by atoms with Gasteiger partial charge in [0.2, 0.25) is 11.8 Å². The standard InChI is InChI=1S/C20H32N4O3.HI/c1-13(2)6-10-27-11-8-23-20(21-3)22-7-9-24-18(25)16-14-4-5-15(12-14)17(16)19(24)26;/h4-5,13-17H,6-12H2,1-3H3,(H2,21,22,23);1H. The average Bonchev–Trinajstić information content (AvgIpc) is 3.32. The average molecular weight is 504 g/mol. The number of allylic oxidation sites excluding steroid dienone is 2. The number of aliphatic imine (C=N–C) groups is 1. The zero-order valence-electron chi connectivity index (χ0n) is 17.0. The van der Waals surface area contributed by atoms with E-state index in [-0.39, 0.29) is 59.5 Å². The van der Waals surface area contributed by atoms with E-state index in [1.54, 1.807) is 7.05 Å². The Balaban J connectivity index is 0.00000280.